The largest absolute Gasteiger partial charge is 0.386 e. The summed E-state index contributed by atoms with van der Waals surface area (Å²) in [5.74, 6) is -0.137. The molecule has 3 rings (SSSR count). The van der Waals surface area contributed by atoms with Gasteiger partial charge in [-0.15, -0.1) is 11.3 Å². The maximum Gasteiger partial charge on any atom is 0.257 e. The van der Waals surface area contributed by atoms with Gasteiger partial charge in [-0.25, -0.2) is 0 Å². The Morgan fingerprint density at radius 3 is 2.71 bits per heavy atom. The minimum atomic E-state index is -0.700. The SMILES string of the molecule is Cn1cc(C(=O)N(Cc2ccccc2)CC(O)c2cccs2)cn1. The second-order valence-electron chi connectivity index (χ2n) is 5.61. The molecule has 0 aliphatic rings. The molecule has 1 aromatic carbocycles. The average Bonchev–Trinajstić information content (AvgIpc) is 3.26. The van der Waals surface area contributed by atoms with Crippen molar-refractivity contribution >= 4 is 17.2 Å². The normalized spacial score (nSPS) is 12.1. The molecule has 1 unspecified atom stereocenters. The van der Waals surface area contributed by atoms with Gasteiger partial charge in [0.1, 0.15) is 6.10 Å². The lowest BCUT2D eigenvalue weighted by atomic mass is 10.1. The van der Waals surface area contributed by atoms with Crippen molar-refractivity contribution in [1.29, 1.82) is 0 Å². The van der Waals surface area contributed by atoms with Crippen LogP contribution in [0.25, 0.3) is 0 Å². The molecule has 0 radical (unpaired) electrons. The van der Waals surface area contributed by atoms with E-state index in [-0.39, 0.29) is 12.5 Å². The zero-order valence-corrected chi connectivity index (χ0v) is 14.2. The van der Waals surface area contributed by atoms with Crippen LogP contribution in [0.5, 0.6) is 0 Å². The number of aliphatic hydroxyl groups excluding tert-OH is 1. The van der Waals surface area contributed by atoms with E-state index < -0.39 is 6.10 Å². The van der Waals surface area contributed by atoms with Crippen molar-refractivity contribution in [2.24, 2.45) is 7.05 Å². The molecule has 5 nitrogen and oxygen atoms in total. The number of aliphatic hydroxyl groups is 1. The molecule has 24 heavy (non-hydrogen) atoms. The number of rotatable bonds is 6. The standard InChI is InChI=1S/C18H19N3O2S/c1-20-12-15(10-19-20)18(23)21(11-14-6-3-2-4-7-14)13-16(22)17-8-5-9-24-17/h2-10,12,16,22H,11,13H2,1H3. The van der Waals surface area contributed by atoms with Gasteiger partial charge in [0.2, 0.25) is 0 Å². The first-order chi connectivity index (χ1) is 11.6. The lowest BCUT2D eigenvalue weighted by molar-refractivity contribution is 0.0609. The van der Waals surface area contributed by atoms with Crippen molar-refractivity contribution in [3.63, 3.8) is 0 Å². The summed E-state index contributed by atoms with van der Waals surface area (Å²) in [7, 11) is 1.78. The highest BCUT2D eigenvalue weighted by Gasteiger charge is 2.22. The van der Waals surface area contributed by atoms with Crippen LogP contribution in [0.4, 0.5) is 0 Å². The number of thiophene rings is 1. The van der Waals surface area contributed by atoms with Gasteiger partial charge in [0, 0.05) is 24.7 Å². The fourth-order valence-electron chi connectivity index (χ4n) is 2.52. The van der Waals surface area contributed by atoms with Crippen LogP contribution >= 0.6 is 11.3 Å². The van der Waals surface area contributed by atoms with Crippen LogP contribution in [0.1, 0.15) is 26.9 Å². The van der Waals surface area contributed by atoms with E-state index in [9.17, 15) is 9.90 Å². The summed E-state index contributed by atoms with van der Waals surface area (Å²) < 4.78 is 1.60. The molecule has 0 aliphatic heterocycles. The fraction of sp³-hybridized carbons (Fsp3) is 0.222. The van der Waals surface area contributed by atoms with Gasteiger partial charge in [-0.3, -0.25) is 9.48 Å². The molecule has 1 atom stereocenters. The summed E-state index contributed by atoms with van der Waals surface area (Å²) in [4.78, 5) is 15.3. The van der Waals surface area contributed by atoms with E-state index in [0.29, 0.717) is 12.1 Å². The highest BCUT2D eigenvalue weighted by molar-refractivity contribution is 7.10. The molecule has 1 amide bonds. The van der Waals surface area contributed by atoms with Crippen molar-refractivity contribution in [1.82, 2.24) is 14.7 Å². The zero-order valence-electron chi connectivity index (χ0n) is 13.4. The first-order valence-corrected chi connectivity index (χ1v) is 8.55. The number of aromatic nitrogens is 2. The molecule has 0 spiro atoms. The highest BCUT2D eigenvalue weighted by Crippen LogP contribution is 2.21. The molecule has 3 aromatic rings. The van der Waals surface area contributed by atoms with Crippen molar-refractivity contribution in [2.75, 3.05) is 6.54 Å². The molecule has 2 aromatic heterocycles. The number of carbonyl (C=O) groups excluding carboxylic acids is 1. The lowest BCUT2D eigenvalue weighted by Gasteiger charge is -2.24. The third-order valence-corrected chi connectivity index (χ3v) is 4.69. The number of carbonyl (C=O) groups is 1. The summed E-state index contributed by atoms with van der Waals surface area (Å²) in [5.41, 5.74) is 1.54. The third-order valence-electron chi connectivity index (χ3n) is 3.72. The van der Waals surface area contributed by atoms with Gasteiger partial charge in [-0.2, -0.15) is 5.10 Å². The Kier molecular flexibility index (Phi) is 5.08. The van der Waals surface area contributed by atoms with E-state index in [1.165, 1.54) is 11.3 Å². The minimum Gasteiger partial charge on any atom is -0.386 e. The Morgan fingerprint density at radius 2 is 2.08 bits per heavy atom. The lowest BCUT2D eigenvalue weighted by Crippen LogP contribution is -2.34. The van der Waals surface area contributed by atoms with E-state index in [0.717, 1.165) is 10.4 Å². The Balaban J connectivity index is 1.81. The van der Waals surface area contributed by atoms with E-state index in [2.05, 4.69) is 5.10 Å². The van der Waals surface area contributed by atoms with Gasteiger partial charge in [0.05, 0.1) is 18.3 Å². The van der Waals surface area contributed by atoms with Crippen molar-refractivity contribution < 1.29 is 9.90 Å². The number of benzene rings is 1. The van der Waals surface area contributed by atoms with Gasteiger partial charge in [0.15, 0.2) is 0 Å². The molecule has 0 fully saturated rings. The van der Waals surface area contributed by atoms with Gasteiger partial charge in [-0.05, 0) is 17.0 Å². The Labute approximate surface area is 144 Å². The van der Waals surface area contributed by atoms with Crippen LogP contribution < -0.4 is 0 Å². The highest BCUT2D eigenvalue weighted by atomic mass is 32.1. The van der Waals surface area contributed by atoms with Gasteiger partial charge >= 0.3 is 0 Å². The molecule has 0 aliphatic carbocycles. The van der Waals surface area contributed by atoms with E-state index in [4.69, 9.17) is 0 Å². The van der Waals surface area contributed by atoms with Gasteiger partial charge in [0.25, 0.3) is 5.91 Å². The smallest absolute Gasteiger partial charge is 0.257 e. The van der Waals surface area contributed by atoms with Crippen LogP contribution in [0.15, 0.2) is 60.2 Å². The summed E-state index contributed by atoms with van der Waals surface area (Å²) >= 11 is 1.49. The maximum absolute atomic E-state index is 12.8. The summed E-state index contributed by atoms with van der Waals surface area (Å²) in [6.07, 6.45) is 2.55. The van der Waals surface area contributed by atoms with Crippen molar-refractivity contribution in [3.05, 3.63) is 76.2 Å². The molecule has 6 heteroatoms. The molecule has 124 valence electrons. The zero-order chi connectivity index (χ0) is 16.9. The van der Waals surface area contributed by atoms with Crippen LogP contribution in [0, 0.1) is 0 Å². The topological polar surface area (TPSA) is 58.4 Å². The second kappa shape index (κ2) is 7.42. The van der Waals surface area contributed by atoms with Gasteiger partial charge in [-0.1, -0.05) is 36.4 Å². The molecule has 1 N–H and O–H groups in total. The predicted molar refractivity (Wildman–Crippen MR) is 93.7 cm³/mol. The average molecular weight is 341 g/mol. The number of aryl methyl sites for hydroxylation is 1. The Hall–Kier alpha value is -2.44. The van der Waals surface area contributed by atoms with E-state index in [1.54, 1.807) is 29.0 Å². The number of amides is 1. The van der Waals surface area contributed by atoms with Crippen LogP contribution in [0.3, 0.4) is 0 Å². The monoisotopic (exact) mass is 341 g/mol. The van der Waals surface area contributed by atoms with E-state index in [1.807, 2.05) is 47.8 Å². The summed E-state index contributed by atoms with van der Waals surface area (Å²) in [6, 6.07) is 13.5. The molecule has 0 saturated carbocycles. The summed E-state index contributed by atoms with van der Waals surface area (Å²) in [5, 5.41) is 16.4. The minimum absolute atomic E-state index is 0.137. The Morgan fingerprint density at radius 1 is 1.29 bits per heavy atom. The van der Waals surface area contributed by atoms with Crippen LogP contribution in [0.2, 0.25) is 0 Å². The van der Waals surface area contributed by atoms with Crippen molar-refractivity contribution in [3.8, 4) is 0 Å². The summed E-state index contributed by atoms with van der Waals surface area (Å²) in [6.45, 7) is 0.681. The first kappa shape index (κ1) is 16.4. The van der Waals surface area contributed by atoms with Gasteiger partial charge < -0.3 is 10.0 Å². The number of hydrogen-bond acceptors (Lipinski definition) is 4. The van der Waals surface area contributed by atoms with E-state index >= 15 is 0 Å². The van der Waals surface area contributed by atoms with Crippen LogP contribution in [-0.2, 0) is 13.6 Å². The second-order valence-corrected chi connectivity index (χ2v) is 6.58. The number of hydrogen-bond donors (Lipinski definition) is 1. The Bertz CT molecular complexity index is 784. The maximum atomic E-state index is 12.8. The van der Waals surface area contributed by atoms with Crippen LogP contribution in [-0.4, -0.2) is 32.2 Å². The third kappa shape index (κ3) is 3.90. The van der Waals surface area contributed by atoms with Crippen molar-refractivity contribution in [2.45, 2.75) is 12.6 Å². The molecular formula is C18H19N3O2S. The fourth-order valence-corrected chi connectivity index (χ4v) is 3.22. The first-order valence-electron chi connectivity index (χ1n) is 7.67. The molecular weight excluding hydrogens is 322 g/mol. The molecule has 2 heterocycles. The number of nitrogens with zero attached hydrogens (tertiary/aromatic N) is 3. The molecule has 0 saturated heterocycles. The predicted octanol–water partition coefficient (Wildman–Crippen LogP) is 2.86. The molecule has 0 bridgehead atoms. The quantitative estimate of drug-likeness (QED) is 0.750.